The van der Waals surface area contributed by atoms with Crippen molar-refractivity contribution in [2.45, 2.75) is 6.92 Å². The number of carbonyl (C=O) groups excluding carboxylic acids is 2. The molecule has 3 rings (SSSR count). The molecule has 29 heavy (non-hydrogen) atoms. The molecule has 0 aliphatic carbocycles. The smallest absolute Gasteiger partial charge is 0.308 e. The summed E-state index contributed by atoms with van der Waals surface area (Å²) in [6.07, 6.45) is 1.48. The van der Waals surface area contributed by atoms with Crippen LogP contribution in [0.3, 0.4) is 0 Å². The molecule has 0 saturated carbocycles. The molecule has 148 valence electrons. The first-order valence-electron chi connectivity index (χ1n) is 8.97. The highest BCUT2D eigenvalue weighted by Crippen LogP contribution is 2.27. The van der Waals surface area contributed by atoms with Gasteiger partial charge in [0.25, 0.3) is 5.91 Å². The van der Waals surface area contributed by atoms with Crippen LogP contribution >= 0.6 is 0 Å². The minimum absolute atomic E-state index is 0.0834. The number of hydrogen-bond acceptors (Lipinski definition) is 6. The maximum absolute atomic E-state index is 12.1. The third-order valence-corrected chi connectivity index (χ3v) is 4.07. The first kappa shape index (κ1) is 19.9. The molecule has 3 aromatic rings. The lowest BCUT2D eigenvalue weighted by atomic mass is 10.1. The highest BCUT2D eigenvalue weighted by Gasteiger charge is 2.07. The molecule has 1 amide bonds. The third kappa shape index (κ3) is 5.32. The summed E-state index contributed by atoms with van der Waals surface area (Å²) in [6.45, 7) is 1.40. The number of methoxy groups -OCH3 is 1. The fourth-order valence-electron chi connectivity index (χ4n) is 2.78. The molecule has 0 heterocycles. The summed E-state index contributed by atoms with van der Waals surface area (Å²) in [5.74, 6) is 0.00179. The second-order valence-electron chi connectivity index (χ2n) is 6.18. The highest BCUT2D eigenvalue weighted by molar-refractivity contribution is 5.95. The minimum atomic E-state index is -0.435. The van der Waals surface area contributed by atoms with E-state index in [9.17, 15) is 9.59 Å². The van der Waals surface area contributed by atoms with Crippen molar-refractivity contribution in [3.05, 3.63) is 66.2 Å². The summed E-state index contributed by atoms with van der Waals surface area (Å²) in [6, 6.07) is 18.8. The second kappa shape index (κ2) is 9.36. The number of amides is 1. The van der Waals surface area contributed by atoms with E-state index in [4.69, 9.17) is 9.47 Å². The van der Waals surface area contributed by atoms with Gasteiger partial charge in [0.1, 0.15) is 0 Å². The molecule has 0 aliphatic rings. The second-order valence-corrected chi connectivity index (χ2v) is 6.18. The number of ether oxygens (including phenoxy) is 2. The maximum Gasteiger partial charge on any atom is 0.308 e. The van der Waals surface area contributed by atoms with Crippen molar-refractivity contribution < 1.29 is 19.1 Å². The molecule has 0 spiro atoms. The van der Waals surface area contributed by atoms with Crippen molar-refractivity contribution >= 4 is 34.6 Å². The maximum atomic E-state index is 12.1. The highest BCUT2D eigenvalue weighted by atomic mass is 16.6. The number of nitrogens with one attached hydrogen (secondary N) is 2. The lowest BCUT2D eigenvalue weighted by Crippen LogP contribution is -2.25. The van der Waals surface area contributed by atoms with Crippen LogP contribution in [0.15, 0.2) is 65.8 Å². The van der Waals surface area contributed by atoms with Crippen LogP contribution < -0.4 is 20.2 Å². The summed E-state index contributed by atoms with van der Waals surface area (Å²) in [4.78, 5) is 23.2. The summed E-state index contributed by atoms with van der Waals surface area (Å²) in [7, 11) is 1.48. The van der Waals surface area contributed by atoms with Gasteiger partial charge < -0.3 is 14.8 Å². The lowest BCUT2D eigenvalue weighted by molar-refractivity contribution is -0.132. The molecule has 0 radical (unpaired) electrons. The van der Waals surface area contributed by atoms with Gasteiger partial charge in [0.2, 0.25) is 0 Å². The number of benzene rings is 3. The van der Waals surface area contributed by atoms with Crippen molar-refractivity contribution in [1.29, 1.82) is 0 Å². The number of anilines is 1. The fraction of sp³-hybridized carbons (Fsp3) is 0.136. The number of fused-ring (bicyclic) bond motifs is 1. The van der Waals surface area contributed by atoms with Crippen LogP contribution in [0, 0.1) is 0 Å². The molecule has 0 unspecified atom stereocenters. The Labute approximate surface area is 168 Å². The fourth-order valence-corrected chi connectivity index (χ4v) is 2.78. The van der Waals surface area contributed by atoms with E-state index in [1.165, 1.54) is 20.2 Å². The third-order valence-electron chi connectivity index (χ3n) is 4.07. The van der Waals surface area contributed by atoms with Gasteiger partial charge in [-0.3, -0.25) is 9.59 Å². The number of esters is 1. The van der Waals surface area contributed by atoms with Crippen molar-refractivity contribution in [2.24, 2.45) is 5.10 Å². The molecular weight excluding hydrogens is 370 g/mol. The lowest BCUT2D eigenvalue weighted by Gasteiger charge is -2.09. The van der Waals surface area contributed by atoms with E-state index >= 15 is 0 Å². The zero-order chi connectivity index (χ0) is 20.6. The van der Waals surface area contributed by atoms with E-state index in [0.29, 0.717) is 17.1 Å². The summed E-state index contributed by atoms with van der Waals surface area (Å²) < 4.78 is 10.3. The standard InChI is InChI=1S/C22H21N3O4/c1-15(26)29-20-11-10-16(12-21(20)28-2)13-24-25-22(27)14-23-19-9-5-7-17-6-3-4-8-18(17)19/h3-13,23H,14H2,1-2H3,(H,25,27)/b24-13+. The van der Waals surface area contributed by atoms with Crippen LogP contribution in [-0.2, 0) is 9.59 Å². The Balaban J connectivity index is 1.57. The first-order valence-corrected chi connectivity index (χ1v) is 8.97. The van der Waals surface area contributed by atoms with Crippen LogP contribution in [0.1, 0.15) is 12.5 Å². The molecule has 3 aromatic carbocycles. The van der Waals surface area contributed by atoms with Gasteiger partial charge in [-0.05, 0) is 35.2 Å². The number of hydrogen-bond donors (Lipinski definition) is 2. The predicted octanol–water partition coefficient (Wildman–Crippen LogP) is 3.34. The summed E-state index contributed by atoms with van der Waals surface area (Å²) >= 11 is 0. The average molecular weight is 391 g/mol. The van der Waals surface area contributed by atoms with Crippen molar-refractivity contribution in [2.75, 3.05) is 19.0 Å². The number of hydrazone groups is 1. The Bertz CT molecular complexity index is 1060. The largest absolute Gasteiger partial charge is 0.493 e. The van der Waals surface area contributed by atoms with Gasteiger partial charge >= 0.3 is 5.97 Å². The predicted molar refractivity (Wildman–Crippen MR) is 112 cm³/mol. The zero-order valence-corrected chi connectivity index (χ0v) is 16.1. The van der Waals surface area contributed by atoms with Gasteiger partial charge in [-0.25, -0.2) is 5.43 Å². The molecule has 0 aromatic heterocycles. The average Bonchev–Trinajstić information content (AvgIpc) is 2.72. The van der Waals surface area contributed by atoms with E-state index in [1.54, 1.807) is 18.2 Å². The van der Waals surface area contributed by atoms with Crippen molar-refractivity contribution in [3.8, 4) is 11.5 Å². The number of nitrogens with zero attached hydrogens (tertiary/aromatic N) is 1. The topological polar surface area (TPSA) is 89.0 Å². The normalized spacial score (nSPS) is 10.7. The summed E-state index contributed by atoms with van der Waals surface area (Å²) in [5, 5.41) is 9.23. The first-order chi connectivity index (χ1) is 14.1. The van der Waals surface area contributed by atoms with E-state index in [2.05, 4.69) is 15.8 Å². The van der Waals surface area contributed by atoms with Crippen LogP contribution in [-0.4, -0.2) is 31.7 Å². The number of carbonyl (C=O) groups is 2. The van der Waals surface area contributed by atoms with Gasteiger partial charge in [0.05, 0.1) is 19.9 Å². The Morgan fingerprint density at radius 1 is 1.03 bits per heavy atom. The zero-order valence-electron chi connectivity index (χ0n) is 16.1. The molecular formula is C22H21N3O4. The Kier molecular flexibility index (Phi) is 6.42. The van der Waals surface area contributed by atoms with Gasteiger partial charge in [0, 0.05) is 18.0 Å². The van der Waals surface area contributed by atoms with Crippen molar-refractivity contribution in [3.63, 3.8) is 0 Å². The van der Waals surface area contributed by atoms with Gasteiger partial charge in [-0.15, -0.1) is 0 Å². The molecule has 0 bridgehead atoms. The van der Waals surface area contributed by atoms with Gasteiger partial charge in [-0.1, -0.05) is 36.4 Å². The quantitative estimate of drug-likeness (QED) is 0.279. The van der Waals surface area contributed by atoms with Crippen LogP contribution in [0.25, 0.3) is 10.8 Å². The van der Waals surface area contributed by atoms with E-state index in [0.717, 1.165) is 16.5 Å². The minimum Gasteiger partial charge on any atom is -0.493 e. The molecule has 2 N–H and O–H groups in total. The molecule has 0 atom stereocenters. The van der Waals surface area contributed by atoms with Crippen molar-refractivity contribution in [1.82, 2.24) is 5.43 Å². The van der Waals surface area contributed by atoms with Crippen LogP contribution in [0.5, 0.6) is 11.5 Å². The Hall–Kier alpha value is -3.87. The van der Waals surface area contributed by atoms with Crippen LogP contribution in [0.4, 0.5) is 5.69 Å². The monoisotopic (exact) mass is 391 g/mol. The Morgan fingerprint density at radius 3 is 2.62 bits per heavy atom. The van der Waals surface area contributed by atoms with Gasteiger partial charge in [0.15, 0.2) is 11.5 Å². The molecule has 7 heteroatoms. The molecule has 0 fully saturated rings. The number of rotatable bonds is 7. The van der Waals surface area contributed by atoms with E-state index in [-0.39, 0.29) is 12.5 Å². The summed E-state index contributed by atoms with van der Waals surface area (Å²) in [5.41, 5.74) is 4.04. The SMILES string of the molecule is COc1cc(/C=N/NC(=O)CNc2cccc3ccccc23)ccc1OC(C)=O. The van der Waals surface area contributed by atoms with Gasteiger partial charge in [-0.2, -0.15) is 5.10 Å². The van der Waals surface area contributed by atoms with E-state index < -0.39 is 5.97 Å². The molecule has 0 aliphatic heterocycles. The molecule has 7 nitrogen and oxygen atoms in total. The Morgan fingerprint density at radius 2 is 1.83 bits per heavy atom. The van der Waals surface area contributed by atoms with E-state index in [1.807, 2.05) is 42.5 Å². The van der Waals surface area contributed by atoms with Crippen LogP contribution in [0.2, 0.25) is 0 Å². The molecule has 0 saturated heterocycles.